The van der Waals surface area contributed by atoms with E-state index in [1.165, 1.54) is 7.11 Å². The summed E-state index contributed by atoms with van der Waals surface area (Å²) in [5.41, 5.74) is -0.346. The second-order valence-electron chi connectivity index (χ2n) is 4.92. The van der Waals surface area contributed by atoms with Crippen molar-refractivity contribution >= 4 is 12.1 Å². The standard InChI is InChI=1S/C10H16O4/c1-9(2)5-10(3,6-9)7(11)14-8(12)13-4/h5-6H2,1-4H3. The van der Waals surface area contributed by atoms with Gasteiger partial charge in [0.25, 0.3) is 0 Å². The van der Waals surface area contributed by atoms with E-state index in [9.17, 15) is 9.59 Å². The summed E-state index contributed by atoms with van der Waals surface area (Å²) in [6.07, 6.45) is 0.562. The van der Waals surface area contributed by atoms with Crippen LogP contribution in [0.5, 0.6) is 0 Å². The molecule has 1 rings (SSSR count). The van der Waals surface area contributed by atoms with Crippen LogP contribution in [0.15, 0.2) is 0 Å². The van der Waals surface area contributed by atoms with Crippen LogP contribution in [0.2, 0.25) is 0 Å². The fourth-order valence-corrected chi connectivity index (χ4v) is 2.45. The molecule has 0 heterocycles. The predicted molar refractivity (Wildman–Crippen MR) is 49.6 cm³/mol. The highest BCUT2D eigenvalue weighted by molar-refractivity contribution is 5.86. The molecule has 1 fully saturated rings. The van der Waals surface area contributed by atoms with Crippen molar-refractivity contribution in [2.45, 2.75) is 33.6 Å². The van der Waals surface area contributed by atoms with Gasteiger partial charge in [-0.2, -0.15) is 0 Å². The Morgan fingerprint density at radius 3 is 2.00 bits per heavy atom. The molecule has 0 aliphatic heterocycles. The molecule has 0 radical (unpaired) electrons. The first-order valence-electron chi connectivity index (χ1n) is 4.59. The summed E-state index contributed by atoms with van der Waals surface area (Å²) >= 11 is 0. The third-order valence-electron chi connectivity index (χ3n) is 2.57. The van der Waals surface area contributed by atoms with E-state index >= 15 is 0 Å². The van der Waals surface area contributed by atoms with Crippen molar-refractivity contribution in [2.24, 2.45) is 10.8 Å². The van der Waals surface area contributed by atoms with Crippen LogP contribution in [0.25, 0.3) is 0 Å². The fraction of sp³-hybridized carbons (Fsp3) is 0.800. The first-order chi connectivity index (χ1) is 6.29. The number of ether oxygens (including phenoxy) is 2. The summed E-state index contributed by atoms with van der Waals surface area (Å²) in [5.74, 6) is -0.483. The highest BCUT2D eigenvalue weighted by Crippen LogP contribution is 2.54. The van der Waals surface area contributed by atoms with Crippen LogP contribution in [0, 0.1) is 10.8 Å². The van der Waals surface area contributed by atoms with Gasteiger partial charge in [0.1, 0.15) is 0 Å². The average molecular weight is 200 g/mol. The summed E-state index contributed by atoms with van der Waals surface area (Å²) in [5, 5.41) is 0. The molecule has 0 bridgehead atoms. The Morgan fingerprint density at radius 1 is 1.14 bits per heavy atom. The first-order valence-corrected chi connectivity index (χ1v) is 4.59. The number of esters is 1. The van der Waals surface area contributed by atoms with Gasteiger partial charge in [-0.1, -0.05) is 13.8 Å². The van der Waals surface area contributed by atoms with E-state index in [2.05, 4.69) is 23.3 Å². The molecule has 0 aromatic rings. The molecule has 1 aliphatic rings. The quantitative estimate of drug-likeness (QED) is 0.480. The van der Waals surface area contributed by atoms with Crippen LogP contribution in [0.1, 0.15) is 33.6 Å². The van der Waals surface area contributed by atoms with E-state index in [1.807, 2.05) is 6.92 Å². The Bertz CT molecular complexity index is 259. The zero-order chi connectivity index (χ0) is 11.0. The number of hydrogen-bond acceptors (Lipinski definition) is 4. The number of rotatable bonds is 1. The fourth-order valence-electron chi connectivity index (χ4n) is 2.45. The second-order valence-corrected chi connectivity index (χ2v) is 4.92. The molecule has 0 aromatic heterocycles. The van der Waals surface area contributed by atoms with E-state index < -0.39 is 17.5 Å². The average Bonchev–Trinajstić information content (AvgIpc) is 2.00. The molecular weight excluding hydrogens is 184 g/mol. The molecule has 1 aliphatic carbocycles. The van der Waals surface area contributed by atoms with Gasteiger partial charge >= 0.3 is 12.1 Å². The summed E-state index contributed by atoms with van der Waals surface area (Å²) in [6, 6.07) is 0. The molecule has 1 saturated carbocycles. The van der Waals surface area contributed by atoms with Crippen LogP contribution >= 0.6 is 0 Å². The zero-order valence-electron chi connectivity index (χ0n) is 9.05. The lowest BCUT2D eigenvalue weighted by molar-refractivity contribution is -0.163. The minimum absolute atomic E-state index is 0.171. The van der Waals surface area contributed by atoms with Crippen molar-refractivity contribution in [3.8, 4) is 0 Å². The Hall–Kier alpha value is -1.06. The third-order valence-corrected chi connectivity index (χ3v) is 2.57. The lowest BCUT2D eigenvalue weighted by Crippen LogP contribution is -2.47. The predicted octanol–water partition coefficient (Wildman–Crippen LogP) is 2.12. The van der Waals surface area contributed by atoms with Gasteiger partial charge < -0.3 is 9.47 Å². The minimum Gasteiger partial charge on any atom is -0.437 e. The van der Waals surface area contributed by atoms with Gasteiger partial charge in [-0.15, -0.1) is 0 Å². The SMILES string of the molecule is COC(=O)OC(=O)C1(C)CC(C)(C)C1. The molecule has 0 aromatic carbocycles. The van der Waals surface area contributed by atoms with E-state index in [-0.39, 0.29) is 5.41 Å². The molecule has 0 saturated heterocycles. The monoisotopic (exact) mass is 200 g/mol. The smallest absolute Gasteiger partial charge is 0.437 e. The van der Waals surface area contributed by atoms with Crippen molar-refractivity contribution < 1.29 is 19.1 Å². The maximum Gasteiger partial charge on any atom is 0.515 e. The normalized spacial score (nSPS) is 22.0. The van der Waals surface area contributed by atoms with Crippen LogP contribution in [0.3, 0.4) is 0 Å². The maximum absolute atomic E-state index is 11.5. The van der Waals surface area contributed by atoms with Crippen molar-refractivity contribution in [3.05, 3.63) is 0 Å². The Morgan fingerprint density at radius 2 is 1.64 bits per heavy atom. The highest BCUT2D eigenvalue weighted by Gasteiger charge is 2.52. The van der Waals surface area contributed by atoms with E-state index in [0.717, 1.165) is 12.8 Å². The van der Waals surface area contributed by atoms with Crippen LogP contribution in [0.4, 0.5) is 4.79 Å². The second kappa shape index (κ2) is 3.26. The zero-order valence-corrected chi connectivity index (χ0v) is 9.05. The molecule has 0 N–H and O–H groups in total. The van der Waals surface area contributed by atoms with Crippen LogP contribution in [-0.4, -0.2) is 19.2 Å². The Labute approximate surface area is 83.6 Å². The van der Waals surface area contributed by atoms with Gasteiger partial charge in [-0.3, -0.25) is 4.79 Å². The highest BCUT2D eigenvalue weighted by atomic mass is 16.7. The van der Waals surface area contributed by atoms with Crippen molar-refractivity contribution in [2.75, 3.05) is 7.11 Å². The number of carbonyl (C=O) groups excluding carboxylic acids is 2. The van der Waals surface area contributed by atoms with E-state index in [1.54, 1.807) is 0 Å². The Kier molecular flexibility index (Phi) is 2.56. The van der Waals surface area contributed by atoms with Gasteiger partial charge in [0.05, 0.1) is 12.5 Å². The lowest BCUT2D eigenvalue weighted by Gasteiger charge is -2.48. The molecule has 80 valence electrons. The molecular formula is C10H16O4. The number of hydrogen-bond donors (Lipinski definition) is 0. The summed E-state index contributed by atoms with van der Waals surface area (Å²) in [6.45, 7) is 5.98. The summed E-state index contributed by atoms with van der Waals surface area (Å²) in [7, 11) is 1.18. The molecule has 0 unspecified atom stereocenters. The molecule has 0 atom stereocenters. The van der Waals surface area contributed by atoms with Gasteiger partial charge in [0, 0.05) is 0 Å². The molecule has 4 nitrogen and oxygen atoms in total. The largest absolute Gasteiger partial charge is 0.515 e. The van der Waals surface area contributed by atoms with Gasteiger partial charge in [-0.05, 0) is 25.2 Å². The minimum atomic E-state index is -0.930. The Balaban J connectivity index is 2.51. The van der Waals surface area contributed by atoms with Gasteiger partial charge in [0.2, 0.25) is 0 Å². The van der Waals surface area contributed by atoms with E-state index in [0.29, 0.717) is 0 Å². The summed E-state index contributed by atoms with van der Waals surface area (Å²) in [4.78, 5) is 22.2. The molecule has 0 amide bonds. The van der Waals surface area contributed by atoms with Crippen molar-refractivity contribution in [1.82, 2.24) is 0 Å². The molecule has 4 heteroatoms. The first kappa shape index (κ1) is 11.0. The van der Waals surface area contributed by atoms with Crippen molar-refractivity contribution in [3.63, 3.8) is 0 Å². The van der Waals surface area contributed by atoms with Crippen molar-refractivity contribution in [1.29, 1.82) is 0 Å². The number of methoxy groups -OCH3 is 1. The van der Waals surface area contributed by atoms with Gasteiger partial charge in [-0.25, -0.2) is 4.79 Å². The molecule has 14 heavy (non-hydrogen) atoms. The maximum atomic E-state index is 11.5. The van der Waals surface area contributed by atoms with E-state index in [4.69, 9.17) is 0 Å². The van der Waals surface area contributed by atoms with Crippen LogP contribution < -0.4 is 0 Å². The third kappa shape index (κ3) is 2.05. The molecule has 0 spiro atoms. The summed E-state index contributed by atoms with van der Waals surface area (Å²) < 4.78 is 8.75. The number of carbonyl (C=O) groups is 2. The lowest BCUT2D eigenvalue weighted by atomic mass is 9.55. The topological polar surface area (TPSA) is 52.6 Å². The van der Waals surface area contributed by atoms with Crippen LogP contribution in [-0.2, 0) is 14.3 Å². The van der Waals surface area contributed by atoms with Gasteiger partial charge in [0.15, 0.2) is 0 Å².